The molecule has 2 rings (SSSR count). The molecule has 0 spiro atoms. The zero-order valence-corrected chi connectivity index (χ0v) is 16.8. The molecule has 0 bridgehead atoms. The van der Waals surface area contributed by atoms with Gasteiger partial charge in [0.1, 0.15) is 6.61 Å². The number of anilines is 2. The van der Waals surface area contributed by atoms with Crippen molar-refractivity contribution in [1.29, 1.82) is 0 Å². The van der Waals surface area contributed by atoms with Gasteiger partial charge in [-0.15, -0.1) is 0 Å². The summed E-state index contributed by atoms with van der Waals surface area (Å²) in [5.41, 5.74) is 1.26. The summed E-state index contributed by atoms with van der Waals surface area (Å²) in [6, 6.07) is 6.88. The molecule has 27 heavy (non-hydrogen) atoms. The van der Waals surface area contributed by atoms with Crippen LogP contribution in [0.4, 0.5) is 11.4 Å². The molecule has 1 aromatic carbocycles. The van der Waals surface area contributed by atoms with Crippen LogP contribution in [0.5, 0.6) is 0 Å². The maximum atomic E-state index is 13.0. The highest BCUT2D eigenvalue weighted by molar-refractivity contribution is 5.96. The second-order valence-electron chi connectivity index (χ2n) is 7.45. The number of nitrogens with one attached hydrogen (secondary N) is 2. The Balaban J connectivity index is 2.08. The monoisotopic (exact) mass is 377 g/mol. The van der Waals surface area contributed by atoms with Gasteiger partial charge in [0.15, 0.2) is 0 Å². The quantitative estimate of drug-likeness (QED) is 0.762. The number of morpholine rings is 1. The van der Waals surface area contributed by atoms with Crippen molar-refractivity contribution in [3.63, 3.8) is 0 Å². The Morgan fingerprint density at radius 2 is 1.78 bits per heavy atom. The van der Waals surface area contributed by atoms with Crippen molar-refractivity contribution in [2.45, 2.75) is 45.9 Å². The van der Waals surface area contributed by atoms with Crippen LogP contribution in [-0.2, 0) is 19.1 Å². The fraction of sp³-hybridized carbons (Fsp3) is 0.600. The third kappa shape index (κ3) is 6.30. The number of carbonyl (C=O) groups excluding carboxylic acids is 2. The summed E-state index contributed by atoms with van der Waals surface area (Å²) in [7, 11) is 1.47. The van der Waals surface area contributed by atoms with E-state index in [0.717, 1.165) is 13.1 Å². The lowest BCUT2D eigenvalue weighted by atomic mass is 9.99. The summed E-state index contributed by atoms with van der Waals surface area (Å²) in [4.78, 5) is 26.9. The second kappa shape index (κ2) is 9.82. The van der Waals surface area contributed by atoms with Crippen LogP contribution < -0.4 is 10.6 Å². The summed E-state index contributed by atoms with van der Waals surface area (Å²) in [5.74, 6) is -0.129. The molecule has 0 aliphatic carbocycles. The molecule has 1 fully saturated rings. The van der Waals surface area contributed by atoms with Gasteiger partial charge in [-0.2, -0.15) is 0 Å². The van der Waals surface area contributed by atoms with Gasteiger partial charge < -0.3 is 20.1 Å². The number of methoxy groups -OCH3 is 1. The topological polar surface area (TPSA) is 79.9 Å². The van der Waals surface area contributed by atoms with Crippen LogP contribution in [0.25, 0.3) is 0 Å². The number of hydrogen-bond acceptors (Lipinski definition) is 5. The van der Waals surface area contributed by atoms with Crippen molar-refractivity contribution in [3.8, 4) is 0 Å². The minimum absolute atomic E-state index is 0.0145. The number of carbonyl (C=O) groups is 2. The van der Waals surface area contributed by atoms with Crippen molar-refractivity contribution in [2.75, 3.05) is 37.4 Å². The van der Waals surface area contributed by atoms with Gasteiger partial charge in [0, 0.05) is 31.6 Å². The van der Waals surface area contributed by atoms with Crippen molar-refractivity contribution in [3.05, 3.63) is 24.3 Å². The Morgan fingerprint density at radius 3 is 2.33 bits per heavy atom. The van der Waals surface area contributed by atoms with Crippen LogP contribution in [0, 0.1) is 5.92 Å². The molecular formula is C20H31N3O4. The number of hydrogen-bond donors (Lipinski definition) is 2. The first-order chi connectivity index (χ1) is 12.8. The number of rotatable bonds is 7. The van der Waals surface area contributed by atoms with Crippen molar-refractivity contribution in [1.82, 2.24) is 4.90 Å². The summed E-state index contributed by atoms with van der Waals surface area (Å²) in [6.07, 6.45) is 0.198. The summed E-state index contributed by atoms with van der Waals surface area (Å²) < 4.78 is 10.6. The van der Waals surface area contributed by atoms with E-state index in [4.69, 9.17) is 9.47 Å². The number of benzene rings is 1. The molecule has 0 aromatic heterocycles. The minimum atomic E-state index is -0.245. The summed E-state index contributed by atoms with van der Waals surface area (Å²) in [6.45, 7) is 9.61. The van der Waals surface area contributed by atoms with Crippen LogP contribution in [0.2, 0.25) is 0 Å². The highest BCUT2D eigenvalue weighted by Gasteiger charge is 2.34. The molecule has 0 saturated carbocycles. The molecular weight excluding hydrogens is 346 g/mol. The largest absolute Gasteiger partial charge is 0.375 e. The average molecular weight is 377 g/mol. The maximum Gasteiger partial charge on any atom is 0.250 e. The van der Waals surface area contributed by atoms with E-state index >= 15 is 0 Å². The van der Waals surface area contributed by atoms with E-state index in [9.17, 15) is 9.59 Å². The lowest BCUT2D eigenvalue weighted by Gasteiger charge is -2.41. The van der Waals surface area contributed by atoms with Gasteiger partial charge in [-0.3, -0.25) is 14.5 Å². The smallest absolute Gasteiger partial charge is 0.250 e. The average Bonchev–Trinajstić information content (AvgIpc) is 2.54. The molecule has 1 heterocycles. The highest BCUT2D eigenvalue weighted by Crippen LogP contribution is 2.21. The fourth-order valence-electron chi connectivity index (χ4n) is 3.55. The molecule has 3 atom stereocenters. The van der Waals surface area contributed by atoms with Gasteiger partial charge in [0.05, 0.1) is 18.2 Å². The Kier molecular flexibility index (Phi) is 7.77. The molecule has 0 unspecified atom stereocenters. The van der Waals surface area contributed by atoms with Crippen LogP contribution in [0.3, 0.4) is 0 Å². The van der Waals surface area contributed by atoms with Crippen LogP contribution in [0.15, 0.2) is 24.3 Å². The van der Waals surface area contributed by atoms with Crippen molar-refractivity contribution >= 4 is 23.2 Å². The Hall–Kier alpha value is -1.96. The maximum absolute atomic E-state index is 13.0. The van der Waals surface area contributed by atoms with Gasteiger partial charge in [-0.1, -0.05) is 19.9 Å². The summed E-state index contributed by atoms with van der Waals surface area (Å²) >= 11 is 0. The molecule has 2 amide bonds. The SMILES string of the molecule is COCC(=O)Nc1cccc(NC(=O)[C@H](C(C)C)N2C[C@@H](C)O[C@@H](C)C2)c1. The predicted molar refractivity (Wildman–Crippen MR) is 106 cm³/mol. The van der Waals surface area contributed by atoms with E-state index in [2.05, 4.69) is 29.4 Å². The normalized spacial score (nSPS) is 21.7. The molecule has 1 aromatic rings. The first-order valence-corrected chi connectivity index (χ1v) is 9.39. The third-order valence-electron chi connectivity index (χ3n) is 4.43. The zero-order chi connectivity index (χ0) is 20.0. The second-order valence-corrected chi connectivity index (χ2v) is 7.45. The van der Waals surface area contributed by atoms with E-state index in [1.54, 1.807) is 18.2 Å². The molecule has 1 aliphatic heterocycles. The van der Waals surface area contributed by atoms with Crippen LogP contribution in [-0.4, -0.2) is 61.8 Å². The summed E-state index contributed by atoms with van der Waals surface area (Å²) in [5, 5.41) is 5.73. The molecule has 7 heteroatoms. The predicted octanol–water partition coefficient (Wildman–Crippen LogP) is 2.34. The molecule has 2 N–H and O–H groups in total. The minimum Gasteiger partial charge on any atom is -0.375 e. The lowest BCUT2D eigenvalue weighted by molar-refractivity contribution is -0.130. The first-order valence-electron chi connectivity index (χ1n) is 9.39. The van der Waals surface area contributed by atoms with Crippen LogP contribution in [0.1, 0.15) is 27.7 Å². The van der Waals surface area contributed by atoms with E-state index in [0.29, 0.717) is 11.4 Å². The molecule has 7 nitrogen and oxygen atoms in total. The fourth-order valence-corrected chi connectivity index (χ4v) is 3.55. The molecule has 1 saturated heterocycles. The Bertz CT molecular complexity index is 640. The number of nitrogens with zero attached hydrogens (tertiary/aromatic N) is 1. The zero-order valence-electron chi connectivity index (χ0n) is 16.8. The van der Waals surface area contributed by atoms with Crippen molar-refractivity contribution in [2.24, 2.45) is 5.92 Å². The van der Waals surface area contributed by atoms with E-state index in [-0.39, 0.29) is 42.6 Å². The van der Waals surface area contributed by atoms with Crippen molar-refractivity contribution < 1.29 is 19.1 Å². The standard InChI is InChI=1S/C20H31N3O4/c1-13(2)19(23-10-14(3)27-15(4)11-23)20(25)22-17-8-6-7-16(9-17)21-18(24)12-26-5/h6-9,13-15,19H,10-12H2,1-5H3,(H,21,24)(H,22,25)/t14-,15+,19-/m0/s1. The highest BCUT2D eigenvalue weighted by atomic mass is 16.5. The Labute approximate surface area is 161 Å². The molecule has 1 aliphatic rings. The lowest BCUT2D eigenvalue weighted by Crippen LogP contribution is -2.55. The van der Waals surface area contributed by atoms with E-state index in [1.165, 1.54) is 7.11 Å². The van der Waals surface area contributed by atoms with Gasteiger partial charge in [-0.05, 0) is 38.0 Å². The van der Waals surface area contributed by atoms with Crippen LogP contribution >= 0.6 is 0 Å². The number of ether oxygens (including phenoxy) is 2. The van der Waals surface area contributed by atoms with E-state index < -0.39 is 0 Å². The first kappa shape index (κ1) is 21.3. The third-order valence-corrected chi connectivity index (χ3v) is 4.43. The van der Waals surface area contributed by atoms with Gasteiger partial charge in [0.2, 0.25) is 11.8 Å². The molecule has 0 radical (unpaired) electrons. The van der Waals surface area contributed by atoms with E-state index in [1.807, 2.05) is 19.9 Å². The number of amides is 2. The Morgan fingerprint density at radius 1 is 1.19 bits per heavy atom. The van der Waals surface area contributed by atoms with Gasteiger partial charge >= 0.3 is 0 Å². The van der Waals surface area contributed by atoms with Gasteiger partial charge in [-0.25, -0.2) is 0 Å². The van der Waals surface area contributed by atoms with Gasteiger partial charge in [0.25, 0.3) is 0 Å². The molecule has 150 valence electrons.